The molecule has 0 bridgehead atoms. The third-order valence-electron chi connectivity index (χ3n) is 4.73. The summed E-state index contributed by atoms with van der Waals surface area (Å²) in [6.07, 6.45) is -2.09. The molecule has 1 amide bonds. The largest absolute Gasteiger partial charge is 0.434 e. The van der Waals surface area contributed by atoms with Crippen LogP contribution in [0.2, 0.25) is 5.02 Å². The SMILES string of the molecule is CN(C)C1CCCN(C(=O)c2cnn(-c3cccc(Cl)c3)c2C(F)(F)F)C1. The first-order chi connectivity index (χ1) is 12.7. The van der Waals surface area contributed by atoms with E-state index >= 15 is 0 Å². The second-order valence-corrected chi connectivity index (χ2v) is 7.24. The van der Waals surface area contributed by atoms with Crippen molar-refractivity contribution in [2.24, 2.45) is 0 Å². The molecule has 1 aliphatic heterocycles. The molecule has 1 fully saturated rings. The van der Waals surface area contributed by atoms with E-state index in [4.69, 9.17) is 11.6 Å². The number of carbonyl (C=O) groups excluding carboxylic acids is 1. The number of alkyl halides is 3. The van der Waals surface area contributed by atoms with Gasteiger partial charge in [0.1, 0.15) is 0 Å². The molecule has 2 aromatic rings. The maximum absolute atomic E-state index is 13.8. The van der Waals surface area contributed by atoms with E-state index in [-0.39, 0.29) is 16.8 Å². The molecule has 1 saturated heterocycles. The Morgan fingerprint density at radius 3 is 2.70 bits per heavy atom. The van der Waals surface area contributed by atoms with Crippen LogP contribution in [0.5, 0.6) is 0 Å². The van der Waals surface area contributed by atoms with E-state index in [0.717, 1.165) is 23.7 Å². The predicted molar refractivity (Wildman–Crippen MR) is 96.2 cm³/mol. The first kappa shape index (κ1) is 19.7. The topological polar surface area (TPSA) is 41.4 Å². The molecular formula is C18H20ClF3N4O. The fraction of sp³-hybridized carbons (Fsp3) is 0.444. The van der Waals surface area contributed by atoms with Crippen LogP contribution in [-0.4, -0.2) is 58.7 Å². The van der Waals surface area contributed by atoms with Gasteiger partial charge in [-0.15, -0.1) is 0 Å². The summed E-state index contributed by atoms with van der Waals surface area (Å²) in [4.78, 5) is 16.3. The first-order valence-corrected chi connectivity index (χ1v) is 8.93. The fourth-order valence-electron chi connectivity index (χ4n) is 3.31. The molecule has 1 unspecified atom stereocenters. The van der Waals surface area contributed by atoms with Gasteiger partial charge < -0.3 is 9.80 Å². The van der Waals surface area contributed by atoms with E-state index in [1.54, 1.807) is 6.07 Å². The standard InChI is InChI=1S/C18H20ClF3N4O/c1-24(2)14-7-4-8-25(11-14)17(27)15-10-23-26(16(15)18(20,21)22)13-6-3-5-12(19)9-13/h3,5-6,9-10,14H,4,7-8,11H2,1-2H3. The highest BCUT2D eigenvalue weighted by atomic mass is 35.5. The molecule has 146 valence electrons. The Bertz CT molecular complexity index is 834. The summed E-state index contributed by atoms with van der Waals surface area (Å²) in [5.41, 5.74) is -1.37. The molecule has 1 aliphatic rings. The predicted octanol–water partition coefficient (Wildman–Crippen LogP) is 3.71. The average molecular weight is 401 g/mol. The molecule has 0 aliphatic carbocycles. The van der Waals surface area contributed by atoms with Crippen LogP contribution in [-0.2, 0) is 6.18 Å². The molecule has 3 rings (SSSR count). The monoisotopic (exact) mass is 400 g/mol. The van der Waals surface area contributed by atoms with Crippen molar-refractivity contribution in [1.82, 2.24) is 19.6 Å². The van der Waals surface area contributed by atoms with Crippen molar-refractivity contribution in [3.63, 3.8) is 0 Å². The van der Waals surface area contributed by atoms with Gasteiger partial charge in [-0.05, 0) is 45.1 Å². The Labute approximate surface area is 160 Å². The lowest BCUT2D eigenvalue weighted by Gasteiger charge is -2.36. The number of likely N-dealkylation sites (N-methyl/N-ethyl adjacent to an activating group) is 1. The summed E-state index contributed by atoms with van der Waals surface area (Å²) in [6, 6.07) is 6.06. The smallest absolute Gasteiger partial charge is 0.337 e. The number of benzene rings is 1. The summed E-state index contributed by atoms with van der Waals surface area (Å²) in [7, 11) is 3.80. The average Bonchev–Trinajstić information content (AvgIpc) is 3.06. The Hall–Kier alpha value is -2.06. The first-order valence-electron chi connectivity index (χ1n) is 8.55. The summed E-state index contributed by atoms with van der Waals surface area (Å²) in [5, 5.41) is 4.13. The maximum atomic E-state index is 13.8. The number of piperidine rings is 1. The van der Waals surface area contributed by atoms with Gasteiger partial charge in [-0.25, -0.2) is 4.68 Å². The van der Waals surface area contributed by atoms with Gasteiger partial charge in [-0.1, -0.05) is 17.7 Å². The van der Waals surface area contributed by atoms with Crippen LogP contribution in [0.15, 0.2) is 30.5 Å². The van der Waals surface area contributed by atoms with Crippen LogP contribution < -0.4 is 0 Å². The van der Waals surface area contributed by atoms with E-state index in [1.165, 1.54) is 23.1 Å². The number of rotatable bonds is 3. The highest BCUT2D eigenvalue weighted by Gasteiger charge is 2.42. The third kappa shape index (κ3) is 4.11. The molecule has 0 radical (unpaired) electrons. The number of hydrogen-bond donors (Lipinski definition) is 0. The van der Waals surface area contributed by atoms with Crippen molar-refractivity contribution in [3.8, 4) is 5.69 Å². The minimum Gasteiger partial charge on any atom is -0.337 e. The summed E-state index contributed by atoms with van der Waals surface area (Å²) >= 11 is 5.90. The zero-order chi connectivity index (χ0) is 19.8. The van der Waals surface area contributed by atoms with E-state index in [1.807, 2.05) is 19.0 Å². The molecule has 1 atom stereocenters. The minimum absolute atomic E-state index is 0.125. The number of carbonyl (C=O) groups is 1. The number of likely N-dealkylation sites (tertiary alicyclic amines) is 1. The van der Waals surface area contributed by atoms with Crippen molar-refractivity contribution in [1.29, 1.82) is 0 Å². The van der Waals surface area contributed by atoms with Gasteiger partial charge in [-0.3, -0.25) is 4.79 Å². The summed E-state index contributed by atoms with van der Waals surface area (Å²) < 4.78 is 42.1. The zero-order valence-electron chi connectivity index (χ0n) is 15.0. The Morgan fingerprint density at radius 1 is 1.33 bits per heavy atom. The zero-order valence-corrected chi connectivity index (χ0v) is 15.8. The van der Waals surface area contributed by atoms with Crippen LogP contribution in [0, 0.1) is 0 Å². The van der Waals surface area contributed by atoms with Crippen molar-refractivity contribution < 1.29 is 18.0 Å². The lowest BCUT2D eigenvalue weighted by atomic mass is 10.0. The normalized spacial score (nSPS) is 18.2. The van der Waals surface area contributed by atoms with Crippen molar-refractivity contribution in [3.05, 3.63) is 46.7 Å². The van der Waals surface area contributed by atoms with Gasteiger partial charge in [-0.2, -0.15) is 18.3 Å². The highest BCUT2D eigenvalue weighted by Crippen LogP contribution is 2.35. The van der Waals surface area contributed by atoms with E-state index in [0.29, 0.717) is 13.1 Å². The second kappa shape index (κ2) is 7.52. The molecule has 0 saturated carbocycles. The van der Waals surface area contributed by atoms with Crippen LogP contribution in [0.3, 0.4) is 0 Å². The molecule has 9 heteroatoms. The van der Waals surface area contributed by atoms with Gasteiger partial charge >= 0.3 is 6.18 Å². The van der Waals surface area contributed by atoms with Gasteiger partial charge in [0.15, 0.2) is 5.69 Å². The van der Waals surface area contributed by atoms with Gasteiger partial charge in [0.25, 0.3) is 5.91 Å². The third-order valence-corrected chi connectivity index (χ3v) is 4.97. The van der Waals surface area contributed by atoms with Crippen molar-refractivity contribution in [2.45, 2.75) is 25.1 Å². The Morgan fingerprint density at radius 2 is 2.07 bits per heavy atom. The fourth-order valence-corrected chi connectivity index (χ4v) is 3.50. The lowest BCUT2D eigenvalue weighted by Crippen LogP contribution is -2.47. The van der Waals surface area contributed by atoms with Crippen LogP contribution >= 0.6 is 11.6 Å². The number of hydrogen-bond acceptors (Lipinski definition) is 3. The van der Waals surface area contributed by atoms with Gasteiger partial charge in [0.2, 0.25) is 0 Å². The quantitative estimate of drug-likeness (QED) is 0.788. The highest BCUT2D eigenvalue weighted by molar-refractivity contribution is 6.30. The number of halogens is 4. The minimum atomic E-state index is -4.74. The summed E-state index contributed by atoms with van der Waals surface area (Å²) in [5.74, 6) is -0.651. The molecular weight excluding hydrogens is 381 g/mol. The molecule has 0 spiro atoms. The molecule has 2 heterocycles. The van der Waals surface area contributed by atoms with E-state index < -0.39 is 23.3 Å². The number of amides is 1. The van der Waals surface area contributed by atoms with Crippen molar-refractivity contribution in [2.75, 3.05) is 27.2 Å². The Balaban J connectivity index is 2.00. The molecule has 0 N–H and O–H groups in total. The summed E-state index contributed by atoms with van der Waals surface area (Å²) in [6.45, 7) is 0.828. The second-order valence-electron chi connectivity index (χ2n) is 6.81. The maximum Gasteiger partial charge on any atom is 0.434 e. The molecule has 1 aromatic carbocycles. The lowest BCUT2D eigenvalue weighted by molar-refractivity contribution is -0.143. The molecule has 5 nitrogen and oxygen atoms in total. The van der Waals surface area contributed by atoms with Gasteiger partial charge in [0.05, 0.1) is 17.4 Å². The Kier molecular flexibility index (Phi) is 5.48. The number of nitrogens with zero attached hydrogens (tertiary/aromatic N) is 4. The van der Waals surface area contributed by atoms with Crippen LogP contribution in [0.25, 0.3) is 5.69 Å². The van der Waals surface area contributed by atoms with E-state index in [9.17, 15) is 18.0 Å². The number of aromatic nitrogens is 2. The van der Waals surface area contributed by atoms with Crippen molar-refractivity contribution >= 4 is 17.5 Å². The van der Waals surface area contributed by atoms with Crippen LogP contribution in [0.4, 0.5) is 13.2 Å². The van der Waals surface area contributed by atoms with Gasteiger partial charge in [0, 0.05) is 24.2 Å². The van der Waals surface area contributed by atoms with Crippen LogP contribution in [0.1, 0.15) is 28.9 Å². The molecule has 27 heavy (non-hydrogen) atoms. The molecule has 1 aromatic heterocycles. The van der Waals surface area contributed by atoms with E-state index in [2.05, 4.69) is 5.10 Å².